The van der Waals surface area contributed by atoms with Gasteiger partial charge in [-0.05, 0) is 56.3 Å². The van der Waals surface area contributed by atoms with Crippen molar-refractivity contribution >= 4 is 29.0 Å². The summed E-state index contributed by atoms with van der Waals surface area (Å²) < 4.78 is 34.6. The zero-order valence-corrected chi connectivity index (χ0v) is 18.8. The van der Waals surface area contributed by atoms with Gasteiger partial charge in [-0.25, -0.2) is 13.6 Å². The molecule has 0 saturated carbocycles. The standard InChI is InChI=1S/C23H24ClF2N5O2/c1-30-22(18(24)14-27-30)17-13-16(5-7-21(17)33-11-10-31-8-2-3-9-31)28-23(32)29-20-6-4-15(25)12-19(20)26/h4-7,12-14H,2-3,8-11H2,1H3,(H2,28,29,32). The summed E-state index contributed by atoms with van der Waals surface area (Å²) in [5.74, 6) is -0.985. The Kier molecular flexibility index (Phi) is 7.10. The van der Waals surface area contributed by atoms with Crippen LogP contribution in [0.5, 0.6) is 5.75 Å². The molecule has 33 heavy (non-hydrogen) atoms. The lowest BCUT2D eigenvalue weighted by Crippen LogP contribution is -2.25. The fourth-order valence-corrected chi connectivity index (χ4v) is 4.07. The number of amides is 2. The Morgan fingerprint density at radius 3 is 2.64 bits per heavy atom. The fourth-order valence-electron chi connectivity index (χ4n) is 3.80. The summed E-state index contributed by atoms with van der Waals surface area (Å²) in [7, 11) is 1.76. The van der Waals surface area contributed by atoms with Gasteiger partial charge in [0, 0.05) is 30.9 Å². The van der Waals surface area contributed by atoms with Crippen LogP contribution >= 0.6 is 11.6 Å². The first kappa shape index (κ1) is 23.0. The number of hydrogen-bond acceptors (Lipinski definition) is 4. The molecule has 174 valence electrons. The number of carbonyl (C=O) groups excluding carboxylic acids is 1. The molecule has 0 radical (unpaired) electrons. The first-order chi connectivity index (χ1) is 15.9. The summed E-state index contributed by atoms with van der Waals surface area (Å²) >= 11 is 6.37. The number of urea groups is 1. The maximum atomic E-state index is 13.8. The number of aromatic nitrogens is 2. The third-order valence-electron chi connectivity index (χ3n) is 5.43. The predicted octanol–water partition coefficient (Wildman–Crippen LogP) is 5.14. The van der Waals surface area contributed by atoms with Crippen LogP contribution < -0.4 is 15.4 Å². The molecule has 1 aromatic heterocycles. The highest BCUT2D eigenvalue weighted by Crippen LogP contribution is 2.36. The van der Waals surface area contributed by atoms with Crippen molar-refractivity contribution < 1.29 is 18.3 Å². The van der Waals surface area contributed by atoms with Gasteiger partial charge in [0.15, 0.2) is 0 Å². The summed E-state index contributed by atoms with van der Waals surface area (Å²) in [6.45, 7) is 3.50. The SMILES string of the molecule is Cn1ncc(Cl)c1-c1cc(NC(=O)Nc2ccc(F)cc2F)ccc1OCCN1CCCC1. The lowest BCUT2D eigenvalue weighted by atomic mass is 10.1. The first-order valence-corrected chi connectivity index (χ1v) is 11.0. The Morgan fingerprint density at radius 1 is 1.15 bits per heavy atom. The molecule has 4 rings (SSSR count). The molecular weight excluding hydrogens is 452 g/mol. The summed E-state index contributed by atoms with van der Waals surface area (Å²) in [5.41, 5.74) is 1.61. The van der Waals surface area contributed by atoms with E-state index < -0.39 is 17.7 Å². The lowest BCUT2D eigenvalue weighted by Gasteiger charge is -2.18. The number of carbonyl (C=O) groups is 1. The van der Waals surface area contributed by atoms with Gasteiger partial charge in [0.25, 0.3) is 0 Å². The topological polar surface area (TPSA) is 71.4 Å². The minimum atomic E-state index is -0.866. The molecule has 1 aliphatic rings. The van der Waals surface area contributed by atoms with Crippen molar-refractivity contribution in [2.24, 2.45) is 7.05 Å². The van der Waals surface area contributed by atoms with Gasteiger partial charge in [0.2, 0.25) is 0 Å². The summed E-state index contributed by atoms with van der Waals surface area (Å²) in [5, 5.41) is 9.66. The molecule has 2 heterocycles. The highest BCUT2D eigenvalue weighted by molar-refractivity contribution is 6.33. The minimum Gasteiger partial charge on any atom is -0.492 e. The minimum absolute atomic E-state index is 0.134. The molecule has 2 N–H and O–H groups in total. The number of ether oxygens (including phenoxy) is 1. The molecule has 10 heteroatoms. The van der Waals surface area contributed by atoms with Crippen molar-refractivity contribution in [3.05, 3.63) is 59.3 Å². The third-order valence-corrected chi connectivity index (χ3v) is 5.71. The van der Waals surface area contributed by atoms with Crippen LogP contribution in [0.2, 0.25) is 5.02 Å². The van der Waals surface area contributed by atoms with Crippen LogP contribution in [-0.2, 0) is 7.05 Å². The van der Waals surface area contributed by atoms with E-state index in [0.717, 1.165) is 31.8 Å². The van der Waals surface area contributed by atoms with Crippen LogP contribution in [0.25, 0.3) is 11.3 Å². The second-order valence-corrected chi connectivity index (χ2v) is 8.18. The van der Waals surface area contributed by atoms with E-state index in [9.17, 15) is 13.6 Å². The fraction of sp³-hybridized carbons (Fsp3) is 0.304. The second kappa shape index (κ2) is 10.2. The van der Waals surface area contributed by atoms with E-state index in [2.05, 4.69) is 20.6 Å². The van der Waals surface area contributed by atoms with Crippen molar-refractivity contribution in [3.63, 3.8) is 0 Å². The average molecular weight is 476 g/mol. The van der Waals surface area contributed by atoms with Gasteiger partial charge in [-0.15, -0.1) is 0 Å². The van der Waals surface area contributed by atoms with Crippen LogP contribution in [0.4, 0.5) is 25.0 Å². The first-order valence-electron chi connectivity index (χ1n) is 10.6. The number of halogens is 3. The van der Waals surface area contributed by atoms with Crippen molar-refractivity contribution in [3.8, 4) is 17.0 Å². The van der Waals surface area contributed by atoms with E-state index in [4.69, 9.17) is 16.3 Å². The highest BCUT2D eigenvalue weighted by atomic mass is 35.5. The number of nitrogens with zero attached hydrogens (tertiary/aromatic N) is 3. The van der Waals surface area contributed by atoms with Crippen LogP contribution in [0.3, 0.4) is 0 Å². The van der Waals surface area contributed by atoms with Gasteiger partial charge in [-0.2, -0.15) is 5.10 Å². The largest absolute Gasteiger partial charge is 0.492 e. The zero-order chi connectivity index (χ0) is 23.4. The summed E-state index contributed by atoms with van der Waals surface area (Å²) in [6.07, 6.45) is 3.95. The number of hydrogen-bond donors (Lipinski definition) is 2. The molecule has 0 aliphatic carbocycles. The number of anilines is 2. The van der Waals surface area contributed by atoms with Gasteiger partial charge >= 0.3 is 6.03 Å². The molecule has 0 bridgehead atoms. The molecular formula is C23H24ClF2N5O2. The quantitative estimate of drug-likeness (QED) is 0.496. The molecule has 2 aromatic carbocycles. The van der Waals surface area contributed by atoms with Crippen molar-refractivity contribution in [1.29, 1.82) is 0 Å². The van der Waals surface area contributed by atoms with E-state index in [1.54, 1.807) is 29.9 Å². The number of benzene rings is 2. The molecule has 0 unspecified atom stereocenters. The summed E-state index contributed by atoms with van der Waals surface area (Å²) in [4.78, 5) is 14.7. The highest BCUT2D eigenvalue weighted by Gasteiger charge is 2.18. The summed E-state index contributed by atoms with van der Waals surface area (Å²) in [6, 6.07) is 7.39. The molecule has 0 spiro atoms. The van der Waals surface area contributed by atoms with Gasteiger partial charge in [-0.3, -0.25) is 9.58 Å². The van der Waals surface area contributed by atoms with Crippen molar-refractivity contribution in [1.82, 2.24) is 14.7 Å². The predicted molar refractivity (Wildman–Crippen MR) is 124 cm³/mol. The third kappa shape index (κ3) is 5.61. The Balaban J connectivity index is 1.52. The van der Waals surface area contributed by atoms with Crippen LogP contribution in [-0.4, -0.2) is 47.0 Å². The zero-order valence-electron chi connectivity index (χ0n) is 18.1. The van der Waals surface area contributed by atoms with Gasteiger partial charge in [0.1, 0.15) is 24.0 Å². The van der Waals surface area contributed by atoms with Crippen molar-refractivity contribution in [2.45, 2.75) is 12.8 Å². The Bertz CT molecular complexity index is 1130. The monoisotopic (exact) mass is 475 g/mol. The number of nitrogens with one attached hydrogen (secondary N) is 2. The Hall–Kier alpha value is -3.17. The number of rotatable bonds is 7. The molecule has 1 saturated heterocycles. The molecule has 7 nitrogen and oxygen atoms in total. The molecule has 1 aliphatic heterocycles. The normalized spacial score (nSPS) is 13.8. The average Bonchev–Trinajstić information content (AvgIpc) is 3.41. The maximum absolute atomic E-state index is 13.8. The van der Waals surface area contributed by atoms with Crippen LogP contribution in [0.1, 0.15) is 12.8 Å². The Labute approximate surface area is 195 Å². The van der Waals surface area contributed by atoms with Crippen molar-refractivity contribution in [2.75, 3.05) is 36.9 Å². The van der Waals surface area contributed by atoms with E-state index in [0.29, 0.717) is 40.4 Å². The van der Waals surface area contributed by atoms with E-state index in [1.165, 1.54) is 19.0 Å². The molecule has 2 amide bonds. The van der Waals surface area contributed by atoms with E-state index >= 15 is 0 Å². The van der Waals surface area contributed by atoms with Gasteiger partial charge in [-0.1, -0.05) is 11.6 Å². The van der Waals surface area contributed by atoms with Crippen LogP contribution in [0.15, 0.2) is 42.6 Å². The number of likely N-dealkylation sites (tertiary alicyclic amines) is 1. The van der Waals surface area contributed by atoms with Crippen LogP contribution in [0, 0.1) is 11.6 Å². The van der Waals surface area contributed by atoms with E-state index in [1.807, 2.05) is 0 Å². The maximum Gasteiger partial charge on any atom is 0.323 e. The number of aryl methyl sites for hydroxylation is 1. The van der Waals surface area contributed by atoms with Gasteiger partial charge in [0.05, 0.1) is 22.6 Å². The lowest BCUT2D eigenvalue weighted by molar-refractivity contribution is 0.238. The molecule has 0 atom stereocenters. The second-order valence-electron chi connectivity index (χ2n) is 7.78. The molecule has 1 fully saturated rings. The molecule has 3 aromatic rings. The van der Waals surface area contributed by atoms with E-state index in [-0.39, 0.29) is 5.69 Å². The Morgan fingerprint density at radius 2 is 1.94 bits per heavy atom. The van der Waals surface area contributed by atoms with Gasteiger partial charge < -0.3 is 15.4 Å². The smallest absolute Gasteiger partial charge is 0.323 e.